The van der Waals surface area contributed by atoms with Gasteiger partial charge in [0, 0.05) is 11.5 Å². The van der Waals surface area contributed by atoms with Crippen LogP contribution in [-0.4, -0.2) is 11.2 Å². The third kappa shape index (κ3) is 2.48. The Morgan fingerprint density at radius 1 is 1.32 bits per heavy atom. The normalized spacial score (nSPS) is 38.2. The van der Waals surface area contributed by atoms with Crippen molar-refractivity contribution in [2.24, 2.45) is 22.7 Å². The molecule has 0 aliphatic heterocycles. The second-order valence-corrected chi connectivity index (χ2v) is 8.15. The molecule has 4 atom stereocenters. The molecule has 2 nitrogen and oxygen atoms in total. The Bertz CT molecular complexity index is 567. The van der Waals surface area contributed by atoms with Crippen LogP contribution in [0, 0.1) is 22.7 Å². The summed E-state index contributed by atoms with van der Waals surface area (Å²) in [4.78, 5) is 0. The molecule has 0 spiro atoms. The molecule has 120 valence electrons. The second-order valence-electron chi connectivity index (χ2n) is 8.15. The number of allylic oxidation sites excluding steroid dienone is 1. The highest BCUT2D eigenvalue weighted by Gasteiger charge is 2.55. The molecule has 2 fully saturated rings. The molecule has 1 N–H and O–H groups in total. The molecule has 1 aromatic rings. The van der Waals surface area contributed by atoms with Gasteiger partial charge in [0.1, 0.15) is 0 Å². The van der Waals surface area contributed by atoms with Crippen LogP contribution < -0.4 is 0 Å². The number of aliphatic hydroxyl groups is 1. The summed E-state index contributed by atoms with van der Waals surface area (Å²) in [6, 6.07) is 1.97. The van der Waals surface area contributed by atoms with Crippen molar-refractivity contribution in [1.29, 1.82) is 0 Å². The van der Waals surface area contributed by atoms with E-state index in [1.54, 1.807) is 12.5 Å². The van der Waals surface area contributed by atoms with E-state index in [2.05, 4.69) is 39.5 Å². The molecule has 2 heteroatoms. The molecule has 0 saturated heterocycles. The van der Waals surface area contributed by atoms with Gasteiger partial charge in [-0.3, -0.25) is 0 Å². The van der Waals surface area contributed by atoms with Crippen molar-refractivity contribution in [3.63, 3.8) is 0 Å². The molecule has 1 unspecified atom stereocenters. The molecule has 2 aliphatic carbocycles. The minimum Gasteiger partial charge on any atom is -0.472 e. The average molecular weight is 300 g/mol. The number of fused-ring (bicyclic) bond motifs is 1. The molecule has 1 heterocycles. The van der Waals surface area contributed by atoms with Crippen molar-refractivity contribution in [3.8, 4) is 0 Å². The van der Waals surface area contributed by atoms with Crippen LogP contribution in [0.3, 0.4) is 0 Å². The summed E-state index contributed by atoms with van der Waals surface area (Å²) in [5, 5.41) is 10.7. The molecule has 0 aromatic carbocycles. The zero-order chi connectivity index (χ0) is 16.0. The Morgan fingerprint density at radius 2 is 2.09 bits per heavy atom. The Hall–Kier alpha value is -1.28. The smallest absolute Gasteiger partial charge is 0.0974 e. The fraction of sp³-hybridized carbons (Fsp3) is 0.600. The van der Waals surface area contributed by atoms with E-state index in [-0.39, 0.29) is 16.9 Å². The van der Waals surface area contributed by atoms with Crippen LogP contribution in [0.2, 0.25) is 0 Å². The van der Waals surface area contributed by atoms with Crippen LogP contribution in [0.4, 0.5) is 0 Å². The lowest BCUT2D eigenvalue weighted by molar-refractivity contribution is -0.111. The van der Waals surface area contributed by atoms with Crippen LogP contribution in [0.15, 0.2) is 41.2 Å². The fourth-order valence-electron chi connectivity index (χ4n) is 5.35. The topological polar surface area (TPSA) is 33.4 Å². The highest BCUT2D eigenvalue weighted by molar-refractivity contribution is 5.49. The largest absolute Gasteiger partial charge is 0.472 e. The molecule has 2 saturated carbocycles. The first-order chi connectivity index (χ1) is 10.3. The van der Waals surface area contributed by atoms with Gasteiger partial charge in [-0.15, -0.1) is 0 Å². The van der Waals surface area contributed by atoms with Crippen molar-refractivity contribution in [2.45, 2.75) is 52.6 Å². The van der Waals surface area contributed by atoms with Crippen LogP contribution in [0.1, 0.15) is 52.0 Å². The van der Waals surface area contributed by atoms with E-state index in [1.165, 1.54) is 18.4 Å². The first kappa shape index (κ1) is 15.6. The fourth-order valence-corrected chi connectivity index (χ4v) is 5.35. The average Bonchev–Trinajstić information content (AvgIpc) is 2.89. The zero-order valence-corrected chi connectivity index (χ0v) is 14.0. The van der Waals surface area contributed by atoms with Crippen molar-refractivity contribution in [3.05, 3.63) is 42.4 Å². The number of hydrogen-bond acceptors (Lipinski definition) is 2. The maximum Gasteiger partial charge on any atom is 0.0974 e. The van der Waals surface area contributed by atoms with Crippen LogP contribution in [0.5, 0.6) is 0 Å². The second kappa shape index (κ2) is 5.42. The number of rotatable bonds is 2. The summed E-state index contributed by atoms with van der Waals surface area (Å²) in [5.41, 5.74) is 2.55. The predicted molar refractivity (Wildman–Crippen MR) is 90.2 cm³/mol. The maximum atomic E-state index is 10.7. The van der Waals surface area contributed by atoms with Gasteiger partial charge >= 0.3 is 0 Å². The SMILES string of the molecule is C=C1C[C@@H](O)C2C(C)(C)CCC[C@]2(C)[C@H]1/C=C/c1ccoc1. The first-order valence-corrected chi connectivity index (χ1v) is 8.41. The molecule has 0 bridgehead atoms. The number of furan rings is 1. The highest BCUT2D eigenvalue weighted by atomic mass is 16.3. The van der Waals surface area contributed by atoms with Gasteiger partial charge in [0.2, 0.25) is 0 Å². The monoisotopic (exact) mass is 300 g/mol. The van der Waals surface area contributed by atoms with E-state index >= 15 is 0 Å². The Balaban J connectivity index is 1.96. The van der Waals surface area contributed by atoms with Gasteiger partial charge in [-0.2, -0.15) is 0 Å². The summed E-state index contributed by atoms with van der Waals surface area (Å²) in [6.45, 7) is 11.3. The number of aliphatic hydroxyl groups excluding tert-OH is 1. The molecule has 0 radical (unpaired) electrons. The molecule has 3 rings (SSSR count). The Kier molecular flexibility index (Phi) is 3.84. The standard InChI is InChI=1S/C20H28O2/c1-14-12-17(21)18-19(2,3)9-5-10-20(18,4)16(14)7-6-15-8-11-22-13-15/h6-8,11,13,16-18,21H,1,5,9-10,12H2,2-4H3/b7-6+/t16-,17+,18?,20+/m0/s1. The summed E-state index contributed by atoms with van der Waals surface area (Å²) in [5.74, 6) is 0.661. The summed E-state index contributed by atoms with van der Waals surface area (Å²) in [7, 11) is 0. The third-order valence-corrected chi connectivity index (χ3v) is 6.12. The van der Waals surface area contributed by atoms with Gasteiger partial charge in [-0.05, 0) is 42.1 Å². The lowest BCUT2D eigenvalue weighted by atomic mass is 9.47. The first-order valence-electron chi connectivity index (χ1n) is 8.41. The molecule has 22 heavy (non-hydrogen) atoms. The van der Waals surface area contributed by atoms with Crippen LogP contribution >= 0.6 is 0 Å². The van der Waals surface area contributed by atoms with Gasteiger partial charge < -0.3 is 9.52 Å². The van der Waals surface area contributed by atoms with E-state index in [1.807, 2.05) is 6.07 Å². The summed E-state index contributed by atoms with van der Waals surface area (Å²) in [6.07, 6.45) is 12.0. The van der Waals surface area contributed by atoms with E-state index < -0.39 is 0 Å². The van der Waals surface area contributed by atoms with Crippen molar-refractivity contribution in [1.82, 2.24) is 0 Å². The van der Waals surface area contributed by atoms with Gasteiger partial charge in [-0.1, -0.05) is 51.5 Å². The predicted octanol–water partition coefficient (Wildman–Crippen LogP) is 5.06. The Morgan fingerprint density at radius 3 is 2.77 bits per heavy atom. The molecular weight excluding hydrogens is 272 g/mol. The molecule has 1 aromatic heterocycles. The summed E-state index contributed by atoms with van der Waals surface area (Å²) >= 11 is 0. The van der Waals surface area contributed by atoms with Gasteiger partial charge in [0.15, 0.2) is 0 Å². The van der Waals surface area contributed by atoms with Gasteiger partial charge in [-0.25, -0.2) is 0 Å². The molecule has 0 amide bonds. The van der Waals surface area contributed by atoms with E-state index in [4.69, 9.17) is 4.42 Å². The number of hydrogen-bond donors (Lipinski definition) is 1. The quantitative estimate of drug-likeness (QED) is 0.774. The summed E-state index contributed by atoms with van der Waals surface area (Å²) < 4.78 is 5.15. The minimum absolute atomic E-state index is 0.0940. The van der Waals surface area contributed by atoms with Crippen LogP contribution in [-0.2, 0) is 0 Å². The minimum atomic E-state index is -0.258. The van der Waals surface area contributed by atoms with Gasteiger partial charge in [0.25, 0.3) is 0 Å². The lowest BCUT2D eigenvalue weighted by Gasteiger charge is -2.59. The Labute approximate surface area is 133 Å². The van der Waals surface area contributed by atoms with Crippen molar-refractivity contribution < 1.29 is 9.52 Å². The van der Waals surface area contributed by atoms with E-state index in [0.717, 1.165) is 18.4 Å². The van der Waals surface area contributed by atoms with E-state index in [9.17, 15) is 5.11 Å². The molecule has 2 aliphatic rings. The maximum absolute atomic E-state index is 10.7. The highest BCUT2D eigenvalue weighted by Crippen LogP contribution is 2.61. The lowest BCUT2D eigenvalue weighted by Crippen LogP contribution is -2.55. The van der Waals surface area contributed by atoms with Crippen LogP contribution in [0.25, 0.3) is 6.08 Å². The zero-order valence-electron chi connectivity index (χ0n) is 14.0. The third-order valence-electron chi connectivity index (χ3n) is 6.12. The van der Waals surface area contributed by atoms with Gasteiger partial charge in [0.05, 0.1) is 18.6 Å². The van der Waals surface area contributed by atoms with Crippen molar-refractivity contribution >= 4 is 6.08 Å². The van der Waals surface area contributed by atoms with E-state index in [0.29, 0.717) is 11.8 Å². The van der Waals surface area contributed by atoms with Crippen molar-refractivity contribution in [2.75, 3.05) is 0 Å². The molecular formula is C20H28O2.